The van der Waals surface area contributed by atoms with Crippen LogP contribution in [0, 0.1) is 0 Å². The number of nitrogens with one attached hydrogen (secondary N) is 1. The fraction of sp³-hybridized carbons (Fsp3) is 0.286. The first kappa shape index (κ1) is 28.2. The minimum atomic E-state index is -3.79. The maximum atomic E-state index is 13.9. The number of anilines is 1. The summed E-state index contributed by atoms with van der Waals surface area (Å²) in [7, 11) is -3.79. The highest BCUT2D eigenvalue weighted by Crippen LogP contribution is 2.22. The predicted molar refractivity (Wildman–Crippen MR) is 148 cm³/mol. The molecule has 9 heteroatoms. The van der Waals surface area contributed by atoms with E-state index in [1.165, 1.54) is 4.90 Å². The van der Waals surface area contributed by atoms with Crippen molar-refractivity contribution in [2.45, 2.75) is 32.4 Å². The van der Waals surface area contributed by atoms with Gasteiger partial charge in [-0.1, -0.05) is 85.3 Å². The van der Waals surface area contributed by atoms with Crippen LogP contribution in [0.4, 0.5) is 5.69 Å². The van der Waals surface area contributed by atoms with Gasteiger partial charge in [0, 0.05) is 24.5 Å². The van der Waals surface area contributed by atoms with Crippen LogP contribution >= 0.6 is 11.6 Å². The molecule has 37 heavy (non-hydrogen) atoms. The van der Waals surface area contributed by atoms with Crippen molar-refractivity contribution in [3.63, 3.8) is 0 Å². The van der Waals surface area contributed by atoms with Crippen molar-refractivity contribution in [3.8, 4) is 0 Å². The molecule has 0 unspecified atom stereocenters. The van der Waals surface area contributed by atoms with Crippen molar-refractivity contribution in [2.75, 3.05) is 23.7 Å². The zero-order valence-electron chi connectivity index (χ0n) is 21.0. The Labute approximate surface area is 224 Å². The number of hydrogen-bond acceptors (Lipinski definition) is 4. The quantitative estimate of drug-likeness (QED) is 0.371. The molecule has 0 heterocycles. The average molecular weight is 542 g/mol. The summed E-state index contributed by atoms with van der Waals surface area (Å²) < 4.78 is 26.4. The summed E-state index contributed by atoms with van der Waals surface area (Å²) in [5.41, 5.74) is 1.90. The van der Waals surface area contributed by atoms with Gasteiger partial charge < -0.3 is 10.2 Å². The minimum absolute atomic E-state index is 0.0436. The molecule has 3 rings (SSSR count). The Kier molecular flexibility index (Phi) is 10.1. The van der Waals surface area contributed by atoms with Crippen molar-refractivity contribution in [1.82, 2.24) is 10.2 Å². The highest BCUT2D eigenvalue weighted by atomic mass is 35.5. The lowest BCUT2D eigenvalue weighted by molar-refractivity contribution is -0.140. The first-order valence-corrected chi connectivity index (χ1v) is 14.3. The average Bonchev–Trinajstić information content (AvgIpc) is 2.89. The van der Waals surface area contributed by atoms with Crippen LogP contribution in [-0.2, 0) is 32.6 Å². The highest BCUT2D eigenvalue weighted by molar-refractivity contribution is 7.92. The molecule has 0 aliphatic rings. The van der Waals surface area contributed by atoms with Crippen LogP contribution < -0.4 is 9.62 Å². The number of carbonyl (C=O) groups excluding carboxylic acids is 2. The highest BCUT2D eigenvalue weighted by Gasteiger charge is 2.33. The fourth-order valence-electron chi connectivity index (χ4n) is 3.94. The van der Waals surface area contributed by atoms with Crippen molar-refractivity contribution in [1.29, 1.82) is 0 Å². The summed E-state index contributed by atoms with van der Waals surface area (Å²) in [5, 5.41) is 3.36. The molecule has 2 amide bonds. The van der Waals surface area contributed by atoms with Gasteiger partial charge in [-0.15, -0.1) is 0 Å². The number of rotatable bonds is 12. The number of nitrogens with zero attached hydrogens (tertiary/aromatic N) is 2. The number of carbonyl (C=O) groups is 2. The molecule has 0 radical (unpaired) electrons. The van der Waals surface area contributed by atoms with E-state index in [1.807, 2.05) is 37.3 Å². The first-order valence-electron chi connectivity index (χ1n) is 12.1. The summed E-state index contributed by atoms with van der Waals surface area (Å²) in [4.78, 5) is 28.7. The zero-order chi connectivity index (χ0) is 26.8. The predicted octanol–water partition coefficient (Wildman–Crippen LogP) is 4.27. The minimum Gasteiger partial charge on any atom is -0.354 e. The van der Waals surface area contributed by atoms with E-state index in [9.17, 15) is 18.0 Å². The van der Waals surface area contributed by atoms with Gasteiger partial charge in [-0.2, -0.15) is 0 Å². The standard InChI is InChI=1S/C28H32ClN3O4S/c1-3-18-30-28(34)26(19-22-12-6-4-7-13-22)31(20-23-14-10-11-17-25(23)29)27(33)21-32(37(2,35)36)24-15-8-5-9-16-24/h4-17,26H,3,18-21H2,1-2H3,(H,30,34)/t26-/m0/s1. The number of hydrogen-bond donors (Lipinski definition) is 1. The second kappa shape index (κ2) is 13.3. The molecule has 0 aliphatic heterocycles. The van der Waals surface area contributed by atoms with Gasteiger partial charge >= 0.3 is 0 Å². The summed E-state index contributed by atoms with van der Waals surface area (Å²) in [6.45, 7) is 1.99. The maximum Gasteiger partial charge on any atom is 0.244 e. The first-order chi connectivity index (χ1) is 17.7. The number of halogens is 1. The molecule has 0 aromatic heterocycles. The van der Waals surface area contributed by atoms with Crippen LogP contribution in [0.25, 0.3) is 0 Å². The third-order valence-corrected chi connectivity index (χ3v) is 7.35. The molecule has 0 aliphatic carbocycles. The van der Waals surface area contributed by atoms with E-state index in [2.05, 4.69) is 5.32 Å². The molecule has 0 saturated heterocycles. The molecule has 0 fully saturated rings. The van der Waals surface area contributed by atoms with Gasteiger partial charge in [-0.3, -0.25) is 13.9 Å². The molecule has 1 N–H and O–H groups in total. The van der Waals surface area contributed by atoms with Crippen molar-refractivity contribution in [3.05, 3.63) is 101 Å². The molecule has 0 bridgehead atoms. The fourth-order valence-corrected chi connectivity index (χ4v) is 4.98. The molecular formula is C28H32ClN3O4S. The molecule has 3 aromatic carbocycles. The Morgan fingerprint density at radius 3 is 2.11 bits per heavy atom. The third kappa shape index (κ3) is 8.06. The lowest BCUT2D eigenvalue weighted by Gasteiger charge is -2.33. The van der Waals surface area contributed by atoms with E-state index in [4.69, 9.17) is 11.6 Å². The normalized spacial score (nSPS) is 12.0. The van der Waals surface area contributed by atoms with Crippen LogP contribution in [0.1, 0.15) is 24.5 Å². The number of amides is 2. The summed E-state index contributed by atoms with van der Waals surface area (Å²) in [5.74, 6) is -0.821. The Morgan fingerprint density at radius 2 is 1.51 bits per heavy atom. The van der Waals surface area contributed by atoms with Crippen LogP contribution in [0.5, 0.6) is 0 Å². The zero-order valence-corrected chi connectivity index (χ0v) is 22.6. The Balaban J connectivity index is 2.03. The maximum absolute atomic E-state index is 13.9. The van der Waals surface area contributed by atoms with Gasteiger partial charge in [0.15, 0.2) is 0 Å². The van der Waals surface area contributed by atoms with Crippen LogP contribution in [0.15, 0.2) is 84.9 Å². The van der Waals surface area contributed by atoms with E-state index in [-0.39, 0.29) is 18.9 Å². The summed E-state index contributed by atoms with van der Waals surface area (Å²) in [6.07, 6.45) is 2.05. The van der Waals surface area contributed by atoms with E-state index < -0.39 is 28.5 Å². The number of sulfonamides is 1. The van der Waals surface area contributed by atoms with Gasteiger partial charge in [-0.25, -0.2) is 8.42 Å². The van der Waals surface area contributed by atoms with E-state index in [1.54, 1.807) is 54.6 Å². The van der Waals surface area contributed by atoms with Gasteiger partial charge in [-0.05, 0) is 35.7 Å². The number of benzene rings is 3. The lowest BCUT2D eigenvalue weighted by Crippen LogP contribution is -2.53. The topological polar surface area (TPSA) is 86.8 Å². The Morgan fingerprint density at radius 1 is 0.919 bits per heavy atom. The van der Waals surface area contributed by atoms with Gasteiger partial charge in [0.1, 0.15) is 12.6 Å². The largest absolute Gasteiger partial charge is 0.354 e. The lowest BCUT2D eigenvalue weighted by atomic mass is 10.0. The molecule has 0 spiro atoms. The smallest absolute Gasteiger partial charge is 0.244 e. The van der Waals surface area contributed by atoms with Crippen molar-refractivity contribution >= 4 is 39.1 Å². The Hall–Kier alpha value is -3.36. The van der Waals surface area contributed by atoms with Crippen molar-refractivity contribution < 1.29 is 18.0 Å². The van der Waals surface area contributed by atoms with Gasteiger partial charge in [0.2, 0.25) is 21.8 Å². The SMILES string of the molecule is CCCNC(=O)[C@H](Cc1ccccc1)N(Cc1ccccc1Cl)C(=O)CN(c1ccccc1)S(C)(=O)=O. The van der Waals surface area contributed by atoms with Crippen LogP contribution in [0.3, 0.4) is 0 Å². The molecular weight excluding hydrogens is 510 g/mol. The second-order valence-electron chi connectivity index (χ2n) is 8.71. The summed E-state index contributed by atoms with van der Waals surface area (Å²) >= 11 is 6.43. The van der Waals surface area contributed by atoms with E-state index in [0.29, 0.717) is 22.8 Å². The number of para-hydroxylation sites is 1. The Bertz CT molecular complexity index is 1290. The molecule has 0 saturated carbocycles. The van der Waals surface area contributed by atoms with Crippen LogP contribution in [0.2, 0.25) is 5.02 Å². The summed E-state index contributed by atoms with van der Waals surface area (Å²) in [6, 6.07) is 24.1. The third-order valence-electron chi connectivity index (χ3n) is 5.84. The molecule has 7 nitrogen and oxygen atoms in total. The van der Waals surface area contributed by atoms with Crippen molar-refractivity contribution in [2.24, 2.45) is 0 Å². The monoisotopic (exact) mass is 541 g/mol. The molecule has 3 aromatic rings. The van der Waals surface area contributed by atoms with E-state index >= 15 is 0 Å². The van der Waals surface area contributed by atoms with Crippen LogP contribution in [-0.4, -0.2) is 50.5 Å². The van der Waals surface area contributed by atoms with Gasteiger partial charge in [0.05, 0.1) is 11.9 Å². The molecule has 1 atom stereocenters. The van der Waals surface area contributed by atoms with Gasteiger partial charge in [0.25, 0.3) is 0 Å². The van der Waals surface area contributed by atoms with E-state index in [0.717, 1.165) is 22.5 Å². The second-order valence-corrected chi connectivity index (χ2v) is 11.0. The molecule has 196 valence electrons.